The molecule has 0 N–H and O–H groups in total. The molecule has 1 heterocycles. The molecule has 0 unspecified atom stereocenters. The predicted octanol–water partition coefficient (Wildman–Crippen LogP) is 9.65. The molecule has 5 aromatic rings. The minimum atomic E-state index is -0.266. The van der Waals surface area contributed by atoms with Crippen LogP contribution in [0.1, 0.15) is 48.9 Å². The van der Waals surface area contributed by atoms with Gasteiger partial charge in [0.05, 0.1) is 35.3 Å². The Morgan fingerprint density at radius 2 is 1.73 bits per heavy atom. The predicted molar refractivity (Wildman–Crippen MR) is 191 cm³/mol. The van der Waals surface area contributed by atoms with E-state index >= 15 is 0 Å². The Hall–Kier alpha value is -3.47. The van der Waals surface area contributed by atoms with Crippen LogP contribution in [-0.4, -0.2) is 29.6 Å². The van der Waals surface area contributed by atoms with Crippen molar-refractivity contribution in [2.75, 3.05) is 13.7 Å². The average molecular weight is 798 g/mol. The van der Waals surface area contributed by atoms with Gasteiger partial charge in [-0.15, -0.1) is 0 Å². The lowest BCUT2D eigenvalue weighted by Crippen LogP contribution is -2.21. The third-order valence-corrected chi connectivity index (χ3v) is 9.06. The summed E-state index contributed by atoms with van der Waals surface area (Å²) in [5.74, 6) is 2.56. The number of hydrogen-bond donors (Lipinski definition) is 0. The van der Waals surface area contributed by atoms with E-state index in [0.717, 1.165) is 36.9 Å². The Morgan fingerprint density at radius 1 is 0.956 bits per heavy atom. The summed E-state index contributed by atoms with van der Waals surface area (Å²) in [6.07, 6.45) is 1.62. The summed E-state index contributed by atoms with van der Waals surface area (Å²) >= 11 is 10.7. The lowest BCUT2D eigenvalue weighted by atomic mass is 9.96. The Morgan fingerprint density at radius 3 is 2.44 bits per heavy atom. The molecule has 0 aliphatic heterocycles. The molecule has 0 amide bonds. The van der Waals surface area contributed by atoms with Gasteiger partial charge in [-0.25, -0.2) is 4.98 Å². The van der Waals surface area contributed by atoms with Crippen LogP contribution in [0.25, 0.3) is 22.3 Å². The van der Waals surface area contributed by atoms with Gasteiger partial charge in [-0.2, -0.15) is 9.78 Å². The Balaban J connectivity index is 1.58. The highest BCUT2D eigenvalue weighted by atomic mass is 79.9. The molecule has 0 aliphatic rings. The van der Waals surface area contributed by atoms with Crippen LogP contribution in [0.4, 0.5) is 0 Å². The molecular formula is C35H32Br3N3O4. The molecule has 0 spiro atoms. The smallest absolute Gasteiger partial charge is 0.282 e. The monoisotopic (exact) mass is 795 g/mol. The lowest BCUT2D eigenvalue weighted by molar-refractivity contribution is 0.282. The zero-order valence-electron chi connectivity index (χ0n) is 25.5. The lowest BCUT2D eigenvalue weighted by Gasteiger charge is -2.18. The van der Waals surface area contributed by atoms with Crippen LogP contribution in [0.15, 0.2) is 90.0 Å². The number of benzene rings is 4. The van der Waals surface area contributed by atoms with E-state index in [1.807, 2.05) is 68.4 Å². The summed E-state index contributed by atoms with van der Waals surface area (Å²) < 4.78 is 21.8. The third-order valence-electron chi connectivity index (χ3n) is 7.23. The van der Waals surface area contributed by atoms with Crippen LogP contribution in [0.2, 0.25) is 0 Å². The van der Waals surface area contributed by atoms with Crippen molar-refractivity contribution in [1.82, 2.24) is 9.66 Å². The number of methoxy groups -OCH3 is 1. The fourth-order valence-corrected chi connectivity index (χ4v) is 6.68. The Bertz CT molecular complexity index is 1970. The molecule has 0 atom stereocenters. The molecule has 0 saturated heterocycles. The van der Waals surface area contributed by atoms with Crippen molar-refractivity contribution < 1.29 is 14.2 Å². The van der Waals surface area contributed by atoms with Crippen LogP contribution >= 0.6 is 47.8 Å². The van der Waals surface area contributed by atoms with Crippen LogP contribution in [-0.2, 0) is 6.61 Å². The van der Waals surface area contributed by atoms with Crippen LogP contribution < -0.4 is 19.8 Å². The number of rotatable bonds is 10. The normalized spacial score (nSPS) is 11.5. The molecule has 0 aliphatic carbocycles. The number of aromatic nitrogens is 2. The van der Waals surface area contributed by atoms with Gasteiger partial charge < -0.3 is 14.2 Å². The number of ether oxygens (including phenoxy) is 3. The first-order valence-corrected chi connectivity index (χ1v) is 16.8. The molecule has 0 radical (unpaired) electrons. The zero-order chi connectivity index (χ0) is 32.2. The van der Waals surface area contributed by atoms with E-state index in [0.29, 0.717) is 51.5 Å². The van der Waals surface area contributed by atoms with Gasteiger partial charge >= 0.3 is 0 Å². The number of nitrogens with zero attached hydrogens (tertiary/aromatic N) is 3. The quantitative estimate of drug-likeness (QED) is 0.132. The van der Waals surface area contributed by atoms with Gasteiger partial charge in [-0.3, -0.25) is 4.79 Å². The van der Waals surface area contributed by atoms with Crippen LogP contribution in [0.5, 0.6) is 17.2 Å². The van der Waals surface area contributed by atoms with E-state index in [1.54, 1.807) is 19.4 Å². The van der Waals surface area contributed by atoms with Gasteiger partial charge in [0.25, 0.3) is 5.56 Å². The van der Waals surface area contributed by atoms with Crippen molar-refractivity contribution in [3.8, 4) is 28.6 Å². The largest absolute Gasteiger partial charge is 0.494 e. The number of para-hydroxylation sites is 1. The molecular weight excluding hydrogens is 766 g/mol. The van der Waals surface area contributed by atoms with Gasteiger partial charge in [-0.1, -0.05) is 63.9 Å². The first kappa shape index (κ1) is 32.9. The van der Waals surface area contributed by atoms with E-state index in [4.69, 9.17) is 24.3 Å². The van der Waals surface area contributed by atoms with E-state index < -0.39 is 0 Å². The zero-order valence-corrected chi connectivity index (χ0v) is 30.3. The first-order valence-electron chi connectivity index (χ1n) is 14.4. The van der Waals surface area contributed by atoms with Crippen molar-refractivity contribution in [2.45, 2.75) is 40.2 Å². The van der Waals surface area contributed by atoms with Crippen molar-refractivity contribution in [1.29, 1.82) is 0 Å². The summed E-state index contributed by atoms with van der Waals surface area (Å²) in [7, 11) is 1.59. The minimum absolute atomic E-state index is 0.199. The second-order valence-corrected chi connectivity index (χ2v) is 13.3. The number of halogens is 3. The average Bonchev–Trinajstić information content (AvgIpc) is 3.00. The van der Waals surface area contributed by atoms with E-state index in [1.165, 1.54) is 4.68 Å². The maximum atomic E-state index is 13.9. The van der Waals surface area contributed by atoms with Crippen molar-refractivity contribution in [2.24, 2.45) is 5.10 Å². The highest BCUT2D eigenvalue weighted by Crippen LogP contribution is 2.38. The SMILES string of the molecule is CCOc1cc(C)c(-c2nc3ccccc3c(=O)n2N=Cc2cc(Br)c(OCc3ccc(Br)cc3Br)c(OC)c2)cc1C(C)C. The highest BCUT2D eigenvalue weighted by Gasteiger charge is 2.19. The van der Waals surface area contributed by atoms with Gasteiger partial charge in [0.2, 0.25) is 0 Å². The summed E-state index contributed by atoms with van der Waals surface area (Å²) in [6.45, 7) is 9.09. The maximum absolute atomic E-state index is 13.9. The second kappa shape index (κ2) is 14.3. The van der Waals surface area contributed by atoms with Crippen LogP contribution in [0, 0.1) is 6.92 Å². The standard InChI is InChI=1S/C35H32Br3N3O4/c1-6-44-31-13-21(4)27(17-26(31)20(2)3)34-40-30-10-8-7-9-25(30)35(42)41(34)39-18-22-14-29(38)33(32(15-22)43-5)45-19-23-11-12-24(36)16-28(23)37/h7-18,20H,6,19H2,1-5H3. The van der Waals surface area contributed by atoms with Crippen molar-refractivity contribution >= 4 is 64.9 Å². The van der Waals surface area contributed by atoms with Crippen LogP contribution in [0.3, 0.4) is 0 Å². The van der Waals surface area contributed by atoms with Crippen molar-refractivity contribution in [3.05, 3.63) is 113 Å². The summed E-state index contributed by atoms with van der Waals surface area (Å²) in [5.41, 5.74) is 4.80. The molecule has 0 saturated carbocycles. The molecule has 5 rings (SSSR count). The second-order valence-electron chi connectivity index (χ2n) is 10.7. The molecule has 45 heavy (non-hydrogen) atoms. The first-order chi connectivity index (χ1) is 21.6. The van der Waals surface area contributed by atoms with Gasteiger partial charge in [-0.05, 0) is 101 Å². The fraction of sp³-hybridized carbons (Fsp3) is 0.229. The summed E-state index contributed by atoms with van der Waals surface area (Å²) in [5, 5.41) is 5.17. The fourth-order valence-electron chi connectivity index (χ4n) is 4.94. The minimum Gasteiger partial charge on any atom is -0.494 e. The Labute approximate surface area is 287 Å². The highest BCUT2D eigenvalue weighted by molar-refractivity contribution is 9.11. The van der Waals surface area contributed by atoms with E-state index in [-0.39, 0.29) is 11.5 Å². The Kier molecular flexibility index (Phi) is 10.5. The molecule has 7 nitrogen and oxygen atoms in total. The molecule has 0 bridgehead atoms. The van der Waals surface area contributed by atoms with E-state index in [9.17, 15) is 4.79 Å². The maximum Gasteiger partial charge on any atom is 0.282 e. The summed E-state index contributed by atoms with van der Waals surface area (Å²) in [4.78, 5) is 18.8. The third kappa shape index (κ3) is 7.18. The summed E-state index contributed by atoms with van der Waals surface area (Å²) in [6, 6.07) is 21.0. The van der Waals surface area contributed by atoms with Gasteiger partial charge in [0, 0.05) is 20.1 Å². The number of fused-ring (bicyclic) bond motifs is 1. The topological polar surface area (TPSA) is 74.9 Å². The number of hydrogen-bond acceptors (Lipinski definition) is 6. The molecule has 10 heteroatoms. The van der Waals surface area contributed by atoms with E-state index in [2.05, 4.69) is 67.7 Å². The van der Waals surface area contributed by atoms with Gasteiger partial charge in [0.15, 0.2) is 17.3 Å². The number of aryl methyl sites for hydroxylation is 1. The molecule has 4 aromatic carbocycles. The molecule has 1 aromatic heterocycles. The van der Waals surface area contributed by atoms with Crippen molar-refractivity contribution in [3.63, 3.8) is 0 Å². The molecule has 232 valence electrons. The van der Waals surface area contributed by atoms with Gasteiger partial charge in [0.1, 0.15) is 12.4 Å². The molecule has 0 fully saturated rings.